The average Bonchev–Trinajstić information content (AvgIpc) is 3.04. The standard InChI is InChI=1S/C19H15Cl2NO3S/c1-12-2-5-15(6-3-12)24-10-18-22-14(11-26-18)9-19(23)25-17-7-4-13(20)8-16(17)21/h2-8,11H,9-10H2,1H3. The SMILES string of the molecule is Cc1ccc(OCc2nc(CC(=O)Oc3ccc(Cl)cc3Cl)cs2)cc1. The van der Waals surface area contributed by atoms with E-state index in [0.717, 1.165) is 10.8 Å². The molecule has 0 amide bonds. The van der Waals surface area contributed by atoms with Crippen LogP contribution in [-0.4, -0.2) is 11.0 Å². The highest BCUT2D eigenvalue weighted by Crippen LogP contribution is 2.28. The van der Waals surface area contributed by atoms with E-state index in [1.807, 2.05) is 36.6 Å². The van der Waals surface area contributed by atoms with Crippen molar-refractivity contribution in [3.8, 4) is 11.5 Å². The first kappa shape index (κ1) is 18.7. The number of carbonyl (C=O) groups is 1. The molecule has 7 heteroatoms. The second-order valence-corrected chi connectivity index (χ2v) is 7.35. The third kappa shape index (κ3) is 5.21. The number of thiazole rings is 1. The predicted octanol–water partition coefficient (Wildman–Crippen LogP) is 5.49. The van der Waals surface area contributed by atoms with Gasteiger partial charge in [0, 0.05) is 10.4 Å². The maximum absolute atomic E-state index is 12.1. The number of esters is 1. The molecule has 0 unspecified atom stereocenters. The highest BCUT2D eigenvalue weighted by molar-refractivity contribution is 7.09. The summed E-state index contributed by atoms with van der Waals surface area (Å²) < 4.78 is 10.9. The van der Waals surface area contributed by atoms with Crippen molar-refractivity contribution in [2.75, 3.05) is 0 Å². The molecule has 3 rings (SSSR count). The minimum Gasteiger partial charge on any atom is -0.486 e. The number of hydrogen-bond acceptors (Lipinski definition) is 5. The van der Waals surface area contributed by atoms with Gasteiger partial charge in [-0.2, -0.15) is 0 Å². The second-order valence-electron chi connectivity index (χ2n) is 5.56. The number of rotatable bonds is 6. The molecular formula is C19H15Cl2NO3S. The van der Waals surface area contributed by atoms with Crippen LogP contribution in [0.15, 0.2) is 47.8 Å². The number of ether oxygens (including phenoxy) is 2. The summed E-state index contributed by atoms with van der Waals surface area (Å²) in [6.45, 7) is 2.37. The van der Waals surface area contributed by atoms with Gasteiger partial charge in [-0.25, -0.2) is 4.98 Å². The van der Waals surface area contributed by atoms with Crippen LogP contribution < -0.4 is 9.47 Å². The summed E-state index contributed by atoms with van der Waals surface area (Å²) in [6.07, 6.45) is 0.0555. The molecule has 26 heavy (non-hydrogen) atoms. The van der Waals surface area contributed by atoms with Crippen LogP contribution in [0.3, 0.4) is 0 Å². The van der Waals surface area contributed by atoms with Crippen molar-refractivity contribution in [1.82, 2.24) is 4.98 Å². The summed E-state index contributed by atoms with van der Waals surface area (Å²) in [7, 11) is 0. The van der Waals surface area contributed by atoms with Crippen molar-refractivity contribution in [2.45, 2.75) is 20.0 Å². The number of halogens is 2. The van der Waals surface area contributed by atoms with E-state index in [2.05, 4.69) is 4.98 Å². The smallest absolute Gasteiger partial charge is 0.317 e. The van der Waals surface area contributed by atoms with Crippen molar-refractivity contribution < 1.29 is 14.3 Å². The molecule has 1 aromatic heterocycles. The van der Waals surface area contributed by atoms with E-state index in [9.17, 15) is 4.79 Å². The van der Waals surface area contributed by atoms with E-state index in [0.29, 0.717) is 17.3 Å². The van der Waals surface area contributed by atoms with E-state index in [-0.39, 0.29) is 17.2 Å². The lowest BCUT2D eigenvalue weighted by Gasteiger charge is -2.05. The topological polar surface area (TPSA) is 48.4 Å². The third-order valence-electron chi connectivity index (χ3n) is 3.43. The van der Waals surface area contributed by atoms with Crippen LogP contribution in [0.1, 0.15) is 16.3 Å². The summed E-state index contributed by atoms with van der Waals surface area (Å²) >= 11 is 13.3. The van der Waals surface area contributed by atoms with Crippen molar-refractivity contribution >= 4 is 40.5 Å². The van der Waals surface area contributed by atoms with Gasteiger partial charge in [0.1, 0.15) is 23.1 Å². The normalized spacial score (nSPS) is 10.6. The highest BCUT2D eigenvalue weighted by Gasteiger charge is 2.12. The molecule has 4 nitrogen and oxygen atoms in total. The number of carbonyl (C=O) groups excluding carboxylic acids is 1. The van der Waals surface area contributed by atoms with Crippen LogP contribution in [0.25, 0.3) is 0 Å². The fourth-order valence-corrected chi connectivity index (χ4v) is 3.29. The molecule has 3 aromatic rings. The molecule has 0 spiro atoms. The number of aryl methyl sites for hydroxylation is 1. The fraction of sp³-hybridized carbons (Fsp3) is 0.158. The lowest BCUT2D eigenvalue weighted by Crippen LogP contribution is -2.12. The molecule has 1 heterocycles. The van der Waals surface area contributed by atoms with Crippen LogP contribution in [0.2, 0.25) is 10.0 Å². The summed E-state index contributed by atoms with van der Waals surface area (Å²) in [5.41, 5.74) is 1.81. The molecule has 134 valence electrons. The molecule has 0 saturated carbocycles. The average molecular weight is 408 g/mol. The minimum absolute atomic E-state index is 0.0555. The van der Waals surface area contributed by atoms with E-state index in [4.69, 9.17) is 32.7 Å². The van der Waals surface area contributed by atoms with Crippen LogP contribution >= 0.6 is 34.5 Å². The molecular weight excluding hydrogens is 393 g/mol. The van der Waals surface area contributed by atoms with E-state index < -0.39 is 5.97 Å². The molecule has 0 N–H and O–H groups in total. The Morgan fingerprint density at radius 1 is 1.15 bits per heavy atom. The second kappa shape index (κ2) is 8.54. The number of aromatic nitrogens is 1. The zero-order valence-electron chi connectivity index (χ0n) is 13.9. The van der Waals surface area contributed by atoms with E-state index >= 15 is 0 Å². The van der Waals surface area contributed by atoms with E-state index in [1.165, 1.54) is 23.0 Å². The maximum Gasteiger partial charge on any atom is 0.317 e. The third-order valence-corrected chi connectivity index (χ3v) is 4.83. The first-order chi connectivity index (χ1) is 12.5. The Morgan fingerprint density at radius 2 is 1.92 bits per heavy atom. The number of nitrogens with zero attached hydrogens (tertiary/aromatic N) is 1. The molecule has 0 radical (unpaired) electrons. The molecule has 0 aliphatic rings. The van der Waals surface area contributed by atoms with Gasteiger partial charge in [-0.1, -0.05) is 40.9 Å². The van der Waals surface area contributed by atoms with Gasteiger partial charge in [0.15, 0.2) is 0 Å². The lowest BCUT2D eigenvalue weighted by atomic mass is 10.2. The summed E-state index contributed by atoms with van der Waals surface area (Å²) in [6, 6.07) is 12.5. The Hall–Kier alpha value is -2.08. The van der Waals surface area contributed by atoms with Gasteiger partial charge in [-0.15, -0.1) is 11.3 Å². The van der Waals surface area contributed by atoms with Crippen molar-refractivity contribution in [2.24, 2.45) is 0 Å². The Bertz CT molecular complexity index is 909. The van der Waals surface area contributed by atoms with Gasteiger partial charge < -0.3 is 9.47 Å². The Balaban J connectivity index is 1.54. The maximum atomic E-state index is 12.1. The van der Waals surface area contributed by atoms with E-state index in [1.54, 1.807) is 12.1 Å². The predicted molar refractivity (Wildman–Crippen MR) is 103 cm³/mol. The Labute approximate surface area is 165 Å². The first-order valence-electron chi connectivity index (χ1n) is 7.78. The lowest BCUT2D eigenvalue weighted by molar-refractivity contribution is -0.133. The van der Waals surface area contributed by atoms with Crippen LogP contribution in [0.5, 0.6) is 11.5 Å². The molecule has 0 aliphatic carbocycles. The summed E-state index contributed by atoms with van der Waals surface area (Å²) in [4.78, 5) is 16.5. The van der Waals surface area contributed by atoms with Gasteiger partial charge >= 0.3 is 5.97 Å². The largest absolute Gasteiger partial charge is 0.486 e. The fourth-order valence-electron chi connectivity index (χ4n) is 2.14. The van der Waals surface area contributed by atoms with Gasteiger partial charge in [0.25, 0.3) is 0 Å². The number of benzene rings is 2. The van der Waals surface area contributed by atoms with Crippen LogP contribution in [-0.2, 0) is 17.8 Å². The van der Waals surface area contributed by atoms with Gasteiger partial charge in [0.2, 0.25) is 0 Å². The number of hydrogen-bond donors (Lipinski definition) is 0. The van der Waals surface area contributed by atoms with Crippen LogP contribution in [0.4, 0.5) is 0 Å². The summed E-state index contributed by atoms with van der Waals surface area (Å²) in [5, 5.41) is 3.38. The van der Waals surface area contributed by atoms with Gasteiger partial charge in [0.05, 0.1) is 17.1 Å². The van der Waals surface area contributed by atoms with Crippen molar-refractivity contribution in [3.05, 3.63) is 74.2 Å². The van der Waals surface area contributed by atoms with Crippen molar-refractivity contribution in [1.29, 1.82) is 0 Å². The van der Waals surface area contributed by atoms with Gasteiger partial charge in [-0.3, -0.25) is 4.79 Å². The summed E-state index contributed by atoms with van der Waals surface area (Å²) in [5.74, 6) is 0.619. The Kier molecular flexibility index (Phi) is 6.14. The van der Waals surface area contributed by atoms with Crippen LogP contribution in [0, 0.1) is 6.92 Å². The quantitative estimate of drug-likeness (QED) is 0.400. The molecule has 0 fully saturated rings. The Morgan fingerprint density at radius 3 is 2.65 bits per heavy atom. The van der Waals surface area contributed by atoms with Crippen molar-refractivity contribution in [3.63, 3.8) is 0 Å². The first-order valence-corrected chi connectivity index (χ1v) is 9.41. The zero-order valence-corrected chi connectivity index (χ0v) is 16.2. The highest BCUT2D eigenvalue weighted by atomic mass is 35.5. The molecule has 0 bridgehead atoms. The van der Waals surface area contributed by atoms with Gasteiger partial charge in [-0.05, 0) is 37.3 Å². The minimum atomic E-state index is -0.439. The molecule has 2 aromatic carbocycles. The zero-order chi connectivity index (χ0) is 18.5. The molecule has 0 saturated heterocycles. The monoisotopic (exact) mass is 407 g/mol. The molecule has 0 atom stereocenters. The molecule has 0 aliphatic heterocycles.